The maximum atomic E-state index is 13.6. The summed E-state index contributed by atoms with van der Waals surface area (Å²) in [4.78, 5) is 36.6. The number of rotatable bonds is 5. The highest BCUT2D eigenvalue weighted by molar-refractivity contribution is 7.91. The lowest BCUT2D eigenvalue weighted by molar-refractivity contribution is -0.147. The number of carbonyl (C=O) groups is 3. The second kappa shape index (κ2) is 8.27. The molecule has 2 aliphatic heterocycles. The second-order valence-electron chi connectivity index (χ2n) is 6.86. The van der Waals surface area contributed by atoms with Crippen molar-refractivity contribution in [1.29, 1.82) is 0 Å². The lowest BCUT2D eigenvalue weighted by atomic mass is 10.1. The Morgan fingerprint density at radius 3 is 2.69 bits per heavy atom. The summed E-state index contributed by atoms with van der Waals surface area (Å²) in [6, 6.07) is 4.95. The second-order valence-corrected chi connectivity index (χ2v) is 9.09. The van der Waals surface area contributed by atoms with E-state index in [1.54, 1.807) is 6.07 Å². The molecule has 11 heteroatoms. The van der Waals surface area contributed by atoms with Crippen molar-refractivity contribution in [2.24, 2.45) is 5.10 Å². The highest BCUT2D eigenvalue weighted by atomic mass is 32.2. The Bertz CT molecular complexity index is 978. The number of nitrogens with zero attached hydrogens (tertiary/aromatic N) is 2. The van der Waals surface area contributed by atoms with Gasteiger partial charge >= 0.3 is 5.97 Å². The van der Waals surface area contributed by atoms with Crippen LogP contribution in [0.3, 0.4) is 0 Å². The summed E-state index contributed by atoms with van der Waals surface area (Å²) in [6.07, 6.45) is -0.973. The van der Waals surface area contributed by atoms with Crippen molar-refractivity contribution in [2.45, 2.75) is 38.3 Å². The highest BCUT2D eigenvalue weighted by Gasteiger charge is 2.37. The van der Waals surface area contributed by atoms with Crippen LogP contribution in [0.1, 0.15) is 26.2 Å². The van der Waals surface area contributed by atoms with Gasteiger partial charge < -0.3 is 10.1 Å². The number of hydrogen-bond acceptors (Lipinski definition) is 7. The molecule has 2 heterocycles. The van der Waals surface area contributed by atoms with Crippen LogP contribution < -0.4 is 5.32 Å². The third kappa shape index (κ3) is 4.97. The van der Waals surface area contributed by atoms with Crippen molar-refractivity contribution in [3.63, 3.8) is 0 Å². The van der Waals surface area contributed by atoms with E-state index in [1.807, 2.05) is 0 Å². The summed E-state index contributed by atoms with van der Waals surface area (Å²) in [7, 11) is -3.23. The lowest BCUT2D eigenvalue weighted by Gasteiger charge is -2.27. The fourth-order valence-electron chi connectivity index (χ4n) is 3.05. The van der Waals surface area contributed by atoms with E-state index in [0.29, 0.717) is 0 Å². The third-order valence-corrected chi connectivity index (χ3v) is 6.38. The molecule has 1 aromatic carbocycles. The van der Waals surface area contributed by atoms with Gasteiger partial charge in [-0.1, -0.05) is 12.1 Å². The average Bonchev–Trinajstić information content (AvgIpc) is 3.03. The molecular formula is C18H20FN3O6S. The predicted octanol–water partition coefficient (Wildman–Crippen LogP) is 0.861. The molecule has 9 nitrogen and oxygen atoms in total. The van der Waals surface area contributed by atoms with Gasteiger partial charge in [-0.3, -0.25) is 9.59 Å². The van der Waals surface area contributed by atoms with E-state index in [4.69, 9.17) is 4.74 Å². The van der Waals surface area contributed by atoms with Gasteiger partial charge in [0.05, 0.1) is 23.2 Å². The van der Waals surface area contributed by atoms with Crippen LogP contribution >= 0.6 is 0 Å². The van der Waals surface area contributed by atoms with Crippen LogP contribution in [0.4, 0.5) is 10.1 Å². The number of anilines is 1. The van der Waals surface area contributed by atoms with Gasteiger partial charge in [-0.15, -0.1) is 0 Å². The normalized spacial score (nSPS) is 22.0. The van der Waals surface area contributed by atoms with E-state index in [-0.39, 0.29) is 48.1 Å². The van der Waals surface area contributed by atoms with Crippen molar-refractivity contribution in [2.75, 3.05) is 16.8 Å². The topological polar surface area (TPSA) is 122 Å². The Labute approximate surface area is 166 Å². The zero-order valence-corrected chi connectivity index (χ0v) is 16.4. The van der Waals surface area contributed by atoms with Gasteiger partial charge in [0.2, 0.25) is 5.91 Å². The maximum absolute atomic E-state index is 13.6. The Hall–Kier alpha value is -2.82. The standard InChI is InChI=1S/C18H20FN3O6S/c1-11(17(24)20-14-5-3-2-4-13(14)19)28-18(25)15-6-7-16(23)22(21-15)12-8-9-29(26,27)10-12/h2-5,11-12H,6-10H2,1H3,(H,20,24)/t11-,12+/m0/s1. The van der Waals surface area contributed by atoms with Crippen LogP contribution in [0.15, 0.2) is 29.4 Å². The van der Waals surface area contributed by atoms with Crippen LogP contribution in [-0.4, -0.2) is 60.6 Å². The Morgan fingerprint density at radius 1 is 1.31 bits per heavy atom. The minimum absolute atomic E-state index is 0.0136. The molecule has 1 aromatic rings. The predicted molar refractivity (Wildman–Crippen MR) is 101 cm³/mol. The number of esters is 1. The number of carbonyl (C=O) groups excluding carboxylic acids is 3. The molecule has 3 rings (SSSR count). The van der Waals surface area contributed by atoms with Gasteiger partial charge in [-0.25, -0.2) is 22.6 Å². The Balaban J connectivity index is 1.64. The summed E-state index contributed by atoms with van der Waals surface area (Å²) in [5, 5.41) is 7.35. The van der Waals surface area contributed by atoms with E-state index < -0.39 is 39.7 Å². The SMILES string of the molecule is C[C@H](OC(=O)C1=NN([C@@H]2CCS(=O)(=O)C2)C(=O)CC1)C(=O)Nc1ccccc1F. The molecule has 1 N–H and O–H groups in total. The average molecular weight is 425 g/mol. The van der Waals surface area contributed by atoms with Crippen LogP contribution in [0.25, 0.3) is 0 Å². The van der Waals surface area contributed by atoms with Gasteiger partial charge in [0.15, 0.2) is 15.9 Å². The van der Waals surface area contributed by atoms with E-state index in [0.717, 1.165) is 5.01 Å². The highest BCUT2D eigenvalue weighted by Crippen LogP contribution is 2.22. The number of hydrogen-bond donors (Lipinski definition) is 1. The molecule has 29 heavy (non-hydrogen) atoms. The zero-order chi connectivity index (χ0) is 21.2. The van der Waals surface area contributed by atoms with E-state index in [9.17, 15) is 27.2 Å². The smallest absolute Gasteiger partial charge is 0.355 e. The molecule has 0 radical (unpaired) electrons. The number of halogens is 1. The van der Waals surface area contributed by atoms with Gasteiger partial charge in [0.1, 0.15) is 11.5 Å². The number of benzene rings is 1. The van der Waals surface area contributed by atoms with Gasteiger partial charge in [0, 0.05) is 12.8 Å². The molecule has 0 bridgehead atoms. The molecule has 0 unspecified atom stereocenters. The van der Waals surface area contributed by atoms with Crippen molar-refractivity contribution in [3.05, 3.63) is 30.1 Å². The minimum atomic E-state index is -3.23. The molecule has 2 amide bonds. The summed E-state index contributed by atoms with van der Waals surface area (Å²) < 4.78 is 42.0. The number of sulfone groups is 1. The van der Waals surface area contributed by atoms with Crippen molar-refractivity contribution in [3.8, 4) is 0 Å². The number of hydrazone groups is 1. The number of para-hydroxylation sites is 1. The first-order chi connectivity index (χ1) is 13.7. The first-order valence-electron chi connectivity index (χ1n) is 9.02. The molecule has 2 atom stereocenters. The van der Waals surface area contributed by atoms with Crippen LogP contribution in [0.2, 0.25) is 0 Å². The van der Waals surface area contributed by atoms with Gasteiger partial charge in [-0.2, -0.15) is 5.10 Å². The fraction of sp³-hybridized carbons (Fsp3) is 0.444. The molecule has 0 spiro atoms. The molecule has 0 aromatic heterocycles. The minimum Gasteiger partial charge on any atom is -0.448 e. The van der Waals surface area contributed by atoms with Gasteiger partial charge in [-0.05, 0) is 25.5 Å². The fourth-order valence-corrected chi connectivity index (χ4v) is 4.74. The molecule has 0 aliphatic carbocycles. The van der Waals surface area contributed by atoms with E-state index in [1.165, 1.54) is 25.1 Å². The molecule has 1 fully saturated rings. The van der Waals surface area contributed by atoms with E-state index >= 15 is 0 Å². The monoisotopic (exact) mass is 425 g/mol. The summed E-state index contributed by atoms with van der Waals surface area (Å²) in [5.41, 5.74) is -0.117. The molecule has 0 saturated carbocycles. The quantitative estimate of drug-likeness (QED) is 0.699. The Kier molecular flexibility index (Phi) is 5.96. The zero-order valence-electron chi connectivity index (χ0n) is 15.6. The van der Waals surface area contributed by atoms with Crippen LogP contribution in [-0.2, 0) is 29.0 Å². The van der Waals surface area contributed by atoms with Crippen molar-refractivity contribution in [1.82, 2.24) is 5.01 Å². The van der Waals surface area contributed by atoms with Crippen LogP contribution in [0.5, 0.6) is 0 Å². The van der Waals surface area contributed by atoms with Crippen LogP contribution in [0, 0.1) is 5.82 Å². The first-order valence-corrected chi connectivity index (χ1v) is 10.8. The van der Waals surface area contributed by atoms with Crippen molar-refractivity contribution < 1.29 is 31.9 Å². The molecule has 2 aliphatic rings. The van der Waals surface area contributed by atoms with Crippen molar-refractivity contribution >= 4 is 39.0 Å². The Morgan fingerprint density at radius 2 is 2.03 bits per heavy atom. The number of nitrogens with one attached hydrogen (secondary N) is 1. The number of amides is 2. The molecular weight excluding hydrogens is 405 g/mol. The summed E-state index contributed by atoms with van der Waals surface area (Å²) >= 11 is 0. The lowest BCUT2D eigenvalue weighted by Crippen LogP contribution is -2.42. The largest absolute Gasteiger partial charge is 0.448 e. The summed E-state index contributed by atoms with van der Waals surface area (Å²) in [5.74, 6) is -2.85. The maximum Gasteiger partial charge on any atom is 0.355 e. The van der Waals surface area contributed by atoms with Gasteiger partial charge in [0.25, 0.3) is 5.91 Å². The van der Waals surface area contributed by atoms with E-state index in [2.05, 4.69) is 10.4 Å². The third-order valence-electron chi connectivity index (χ3n) is 4.63. The summed E-state index contributed by atoms with van der Waals surface area (Å²) in [6.45, 7) is 1.32. The molecule has 1 saturated heterocycles. The first kappa shape index (κ1) is 20.9. The number of ether oxygens (including phenoxy) is 1. The molecule has 156 valence electrons.